The van der Waals surface area contributed by atoms with Crippen molar-refractivity contribution in [3.05, 3.63) is 30.1 Å². The number of nitrogens with one attached hydrogen (secondary N) is 2. The largest absolute Gasteiger partial charge is 0.324 e. The van der Waals surface area contributed by atoms with Crippen LogP contribution < -0.4 is 10.6 Å². The first kappa shape index (κ1) is 13.5. The summed E-state index contributed by atoms with van der Waals surface area (Å²) in [7, 11) is 0. The molecule has 0 spiro atoms. The smallest absolute Gasteiger partial charge is 0.246 e. The molecule has 1 aliphatic rings. The molecule has 5 nitrogen and oxygen atoms in total. The van der Waals surface area contributed by atoms with Crippen LogP contribution in [-0.4, -0.2) is 21.8 Å². The number of anilines is 1. The van der Waals surface area contributed by atoms with Crippen molar-refractivity contribution in [2.45, 2.75) is 28.6 Å². The summed E-state index contributed by atoms with van der Waals surface area (Å²) >= 11 is 2.92. The molecule has 2 N–H and O–H groups in total. The van der Waals surface area contributed by atoms with Gasteiger partial charge < -0.3 is 10.6 Å². The molecule has 0 aliphatic carbocycles. The van der Waals surface area contributed by atoms with Gasteiger partial charge >= 0.3 is 0 Å². The number of aromatic nitrogens is 2. The molecule has 1 aromatic carbocycles. The van der Waals surface area contributed by atoms with Crippen LogP contribution in [0.2, 0.25) is 0 Å². The molecule has 1 aromatic heterocycles. The third-order valence-corrected chi connectivity index (χ3v) is 4.71. The quantitative estimate of drug-likeness (QED) is 0.889. The Balaban J connectivity index is 1.80. The Hall–Kier alpha value is -1.44. The number of hydrogen-bond donors (Lipinski definition) is 2. The van der Waals surface area contributed by atoms with Crippen LogP contribution in [0, 0.1) is 0 Å². The number of hydrogen-bond acceptors (Lipinski definition) is 6. The highest BCUT2D eigenvalue weighted by Gasteiger charge is 2.29. The van der Waals surface area contributed by atoms with E-state index in [0.29, 0.717) is 0 Å². The van der Waals surface area contributed by atoms with Crippen molar-refractivity contribution in [2.24, 2.45) is 0 Å². The molecular weight excluding hydrogens is 292 g/mol. The Morgan fingerprint density at radius 1 is 1.50 bits per heavy atom. The van der Waals surface area contributed by atoms with Crippen molar-refractivity contribution < 1.29 is 4.79 Å². The molecule has 2 aromatic rings. The number of fused-ring (bicyclic) bond motifs is 1. The fourth-order valence-electron chi connectivity index (χ4n) is 2.11. The summed E-state index contributed by atoms with van der Waals surface area (Å²) in [5, 5.41) is 6.19. The highest BCUT2D eigenvalue weighted by atomic mass is 32.2. The lowest BCUT2D eigenvalue weighted by Crippen LogP contribution is -2.27. The van der Waals surface area contributed by atoms with Crippen LogP contribution in [0.25, 0.3) is 0 Å². The molecule has 1 amide bonds. The molecule has 20 heavy (non-hydrogen) atoms. The highest BCUT2D eigenvalue weighted by Crippen LogP contribution is 2.36. The van der Waals surface area contributed by atoms with Gasteiger partial charge in [0.2, 0.25) is 5.91 Å². The molecule has 7 heteroatoms. The lowest BCUT2D eigenvalue weighted by molar-refractivity contribution is -0.117. The SMILES string of the molecule is CCCNC1C(=O)Nc2cc(Sc3ncns3)ccc21. The maximum atomic E-state index is 12.0. The molecule has 0 bridgehead atoms. The lowest BCUT2D eigenvalue weighted by Gasteiger charge is -2.10. The normalized spacial score (nSPS) is 17.1. The number of nitrogens with zero attached hydrogens (tertiary/aromatic N) is 2. The van der Waals surface area contributed by atoms with Gasteiger partial charge in [-0.05, 0) is 36.6 Å². The molecule has 3 rings (SSSR count). The fourth-order valence-corrected chi connectivity index (χ4v) is 3.56. The van der Waals surface area contributed by atoms with E-state index in [-0.39, 0.29) is 11.9 Å². The van der Waals surface area contributed by atoms with Gasteiger partial charge in [-0.25, -0.2) is 4.98 Å². The van der Waals surface area contributed by atoms with E-state index >= 15 is 0 Å². The molecule has 0 saturated carbocycles. The second-order valence-corrected chi connectivity index (χ2v) is 6.54. The summed E-state index contributed by atoms with van der Waals surface area (Å²) < 4.78 is 4.88. The minimum atomic E-state index is -0.231. The van der Waals surface area contributed by atoms with Crippen molar-refractivity contribution in [3.8, 4) is 0 Å². The molecule has 2 heterocycles. The number of carbonyl (C=O) groups is 1. The summed E-state index contributed by atoms with van der Waals surface area (Å²) in [4.78, 5) is 17.2. The van der Waals surface area contributed by atoms with Gasteiger partial charge in [-0.1, -0.05) is 24.8 Å². The first-order valence-electron chi connectivity index (χ1n) is 6.40. The summed E-state index contributed by atoms with van der Waals surface area (Å²) in [5.41, 5.74) is 1.91. The van der Waals surface area contributed by atoms with Gasteiger partial charge in [-0.2, -0.15) is 4.37 Å². The van der Waals surface area contributed by atoms with Crippen molar-refractivity contribution in [1.82, 2.24) is 14.7 Å². The van der Waals surface area contributed by atoms with E-state index in [2.05, 4.69) is 26.9 Å². The minimum absolute atomic E-state index is 0.0199. The van der Waals surface area contributed by atoms with Crippen LogP contribution in [0.1, 0.15) is 24.9 Å². The van der Waals surface area contributed by atoms with Gasteiger partial charge in [0.1, 0.15) is 12.4 Å². The molecule has 1 aliphatic heterocycles. The van der Waals surface area contributed by atoms with Crippen LogP contribution in [-0.2, 0) is 4.79 Å². The Morgan fingerprint density at radius 2 is 2.40 bits per heavy atom. The van der Waals surface area contributed by atoms with Crippen molar-refractivity contribution >= 4 is 34.9 Å². The Bertz CT molecular complexity index is 615. The van der Waals surface area contributed by atoms with Gasteiger partial charge in [0.05, 0.1) is 0 Å². The Kier molecular flexibility index (Phi) is 4.00. The van der Waals surface area contributed by atoms with E-state index in [4.69, 9.17) is 0 Å². The van der Waals surface area contributed by atoms with Gasteiger partial charge in [0.25, 0.3) is 0 Å². The molecule has 104 valence electrons. The van der Waals surface area contributed by atoms with Gasteiger partial charge in [-0.3, -0.25) is 4.79 Å². The van der Waals surface area contributed by atoms with Crippen LogP contribution >= 0.6 is 23.3 Å². The zero-order valence-electron chi connectivity index (χ0n) is 10.9. The van der Waals surface area contributed by atoms with Crippen LogP contribution in [0.4, 0.5) is 5.69 Å². The van der Waals surface area contributed by atoms with E-state index in [1.807, 2.05) is 18.2 Å². The van der Waals surface area contributed by atoms with Crippen molar-refractivity contribution in [1.29, 1.82) is 0 Å². The predicted molar refractivity (Wildman–Crippen MR) is 80.1 cm³/mol. The maximum Gasteiger partial charge on any atom is 0.246 e. The first-order valence-corrected chi connectivity index (χ1v) is 7.99. The van der Waals surface area contributed by atoms with Gasteiger partial charge in [-0.15, -0.1) is 0 Å². The Morgan fingerprint density at radius 3 is 3.15 bits per heavy atom. The van der Waals surface area contributed by atoms with Gasteiger partial charge in [0.15, 0.2) is 4.34 Å². The van der Waals surface area contributed by atoms with E-state index in [1.54, 1.807) is 18.1 Å². The molecular formula is C13H14N4OS2. The van der Waals surface area contributed by atoms with E-state index in [9.17, 15) is 4.79 Å². The number of rotatable bonds is 5. The van der Waals surface area contributed by atoms with Crippen molar-refractivity contribution in [3.63, 3.8) is 0 Å². The standard InChI is InChI=1S/C13H14N4OS2/c1-2-5-14-11-9-4-3-8(6-10(9)17-12(11)18)19-13-15-7-16-20-13/h3-4,6-7,11,14H,2,5H2,1H3,(H,17,18). The highest BCUT2D eigenvalue weighted by molar-refractivity contribution is 8.01. The summed E-state index contributed by atoms with van der Waals surface area (Å²) in [6.07, 6.45) is 2.55. The fraction of sp³-hybridized carbons (Fsp3) is 0.308. The second-order valence-electron chi connectivity index (χ2n) is 4.43. The van der Waals surface area contributed by atoms with Crippen LogP contribution in [0.15, 0.2) is 33.8 Å². The third-order valence-electron chi connectivity index (χ3n) is 3.00. The molecule has 0 saturated heterocycles. The number of benzene rings is 1. The zero-order valence-corrected chi connectivity index (χ0v) is 12.6. The predicted octanol–water partition coefficient (Wildman–Crippen LogP) is 2.68. The average Bonchev–Trinajstić information content (AvgIpc) is 3.03. The second kappa shape index (κ2) is 5.90. The molecule has 1 unspecified atom stereocenters. The topological polar surface area (TPSA) is 66.9 Å². The van der Waals surface area contributed by atoms with E-state index < -0.39 is 0 Å². The number of carbonyl (C=O) groups excluding carboxylic acids is 1. The summed E-state index contributed by atoms with van der Waals surface area (Å²) in [5.74, 6) is 0.0199. The minimum Gasteiger partial charge on any atom is -0.324 e. The van der Waals surface area contributed by atoms with Crippen molar-refractivity contribution in [2.75, 3.05) is 11.9 Å². The van der Waals surface area contributed by atoms with E-state index in [1.165, 1.54) is 11.5 Å². The van der Waals surface area contributed by atoms with Gasteiger partial charge in [0, 0.05) is 16.1 Å². The Labute approximate surface area is 125 Å². The third kappa shape index (κ3) is 2.70. The lowest BCUT2D eigenvalue weighted by atomic mass is 10.1. The molecule has 1 atom stereocenters. The first-order chi connectivity index (χ1) is 9.78. The summed E-state index contributed by atoms with van der Waals surface area (Å²) in [6.45, 7) is 2.92. The zero-order chi connectivity index (χ0) is 13.9. The number of amides is 1. The average molecular weight is 306 g/mol. The summed E-state index contributed by atoms with van der Waals surface area (Å²) in [6, 6.07) is 5.79. The monoisotopic (exact) mass is 306 g/mol. The van der Waals surface area contributed by atoms with Crippen LogP contribution in [0.3, 0.4) is 0 Å². The van der Waals surface area contributed by atoms with E-state index in [0.717, 1.165) is 33.5 Å². The van der Waals surface area contributed by atoms with Crippen LogP contribution in [0.5, 0.6) is 0 Å². The maximum absolute atomic E-state index is 12.0. The molecule has 0 fully saturated rings. The molecule has 0 radical (unpaired) electrons.